The number of nitrogens with one attached hydrogen (secondary N) is 2. The maximum absolute atomic E-state index is 14.1. The van der Waals surface area contributed by atoms with Gasteiger partial charge in [0.05, 0.1) is 11.7 Å². The molecule has 0 aliphatic carbocycles. The van der Waals surface area contributed by atoms with Gasteiger partial charge < -0.3 is 30.3 Å². The molecular formula is C37H35Cl2N3O12S. The number of carbonyl (C=O) groups is 6. The van der Waals surface area contributed by atoms with E-state index in [-0.39, 0.29) is 31.6 Å². The van der Waals surface area contributed by atoms with Crippen LogP contribution in [0.2, 0.25) is 10.0 Å². The topological polar surface area (TPSA) is 223 Å². The van der Waals surface area contributed by atoms with E-state index in [0.717, 1.165) is 6.92 Å². The van der Waals surface area contributed by atoms with Gasteiger partial charge in [0.1, 0.15) is 30.9 Å². The number of aliphatic carboxylic acids is 2. The van der Waals surface area contributed by atoms with E-state index in [4.69, 9.17) is 32.7 Å². The molecule has 15 nitrogen and oxygen atoms in total. The number of β-lactam (4-membered cyclic amide) rings is 1. The number of ether oxygens (including phenoxy) is 2. The van der Waals surface area contributed by atoms with Crippen LogP contribution in [0.1, 0.15) is 53.9 Å². The molecule has 4 atom stereocenters. The highest BCUT2D eigenvalue weighted by Crippen LogP contribution is 2.38. The van der Waals surface area contributed by atoms with Crippen molar-refractivity contribution in [3.63, 3.8) is 0 Å². The number of esters is 1. The number of hydrogen-bond acceptors (Lipinski definition) is 10. The van der Waals surface area contributed by atoms with Crippen LogP contribution in [-0.4, -0.2) is 89.7 Å². The number of benzene rings is 3. The number of nitrogens with zero attached hydrogens (tertiary/aromatic N) is 1. The minimum atomic E-state index is -4.29. The third-order valence-electron chi connectivity index (χ3n) is 8.97. The second kappa shape index (κ2) is 17.3. The zero-order valence-corrected chi connectivity index (χ0v) is 31.4. The average molecular weight is 817 g/mol. The van der Waals surface area contributed by atoms with Crippen molar-refractivity contribution in [3.05, 3.63) is 116 Å². The Morgan fingerprint density at radius 3 is 2.25 bits per heavy atom. The second-order valence-electron chi connectivity index (χ2n) is 12.7. The fraction of sp³-hybridized carbons (Fsp3) is 0.297. The number of hydrogen-bond donors (Lipinski definition) is 4. The SMILES string of the molecule is CC(=O)OCC1=C(C(=O)O)N2C(=O)[C@@H](NC(=O)C(CCCNC(=O)OCc3ccc(Cl)cc3Cl)c3cccc(C(C(=O)O)c4ccccc4)c3)[C@@H]2S(=O)(=O)C1. The van der Waals surface area contributed by atoms with Gasteiger partial charge in [-0.2, -0.15) is 0 Å². The first-order chi connectivity index (χ1) is 26.1. The monoisotopic (exact) mass is 815 g/mol. The Morgan fingerprint density at radius 1 is 0.909 bits per heavy atom. The van der Waals surface area contributed by atoms with E-state index in [2.05, 4.69) is 10.6 Å². The van der Waals surface area contributed by atoms with E-state index in [0.29, 0.717) is 37.2 Å². The number of carboxylic acid groups (broad SMARTS) is 2. The van der Waals surface area contributed by atoms with Crippen molar-refractivity contribution in [3.8, 4) is 0 Å². The fourth-order valence-corrected chi connectivity index (χ4v) is 8.90. The minimum Gasteiger partial charge on any atom is -0.481 e. The first kappa shape index (κ1) is 40.7. The van der Waals surface area contributed by atoms with Crippen LogP contribution in [0, 0.1) is 0 Å². The van der Waals surface area contributed by atoms with E-state index in [1.165, 1.54) is 12.1 Å². The van der Waals surface area contributed by atoms with E-state index in [9.17, 15) is 47.4 Å². The Bertz CT molecular complexity index is 2160. The lowest BCUT2D eigenvalue weighted by Gasteiger charge is -2.49. The van der Waals surface area contributed by atoms with Crippen molar-refractivity contribution in [2.75, 3.05) is 18.9 Å². The summed E-state index contributed by atoms with van der Waals surface area (Å²) in [7, 11) is -4.29. The van der Waals surface area contributed by atoms with Gasteiger partial charge in [-0.15, -0.1) is 0 Å². The van der Waals surface area contributed by atoms with Crippen molar-refractivity contribution in [2.45, 2.75) is 49.6 Å². The van der Waals surface area contributed by atoms with Crippen molar-refractivity contribution < 1.29 is 56.9 Å². The number of carbonyl (C=O) groups excluding carboxylic acids is 4. The zero-order chi connectivity index (χ0) is 40.0. The van der Waals surface area contributed by atoms with E-state index in [1.807, 2.05) is 0 Å². The zero-order valence-electron chi connectivity index (χ0n) is 29.1. The first-order valence-electron chi connectivity index (χ1n) is 16.7. The van der Waals surface area contributed by atoms with Gasteiger partial charge in [0.15, 0.2) is 15.2 Å². The molecule has 0 aromatic heterocycles. The van der Waals surface area contributed by atoms with Gasteiger partial charge in [-0.25, -0.2) is 18.0 Å². The summed E-state index contributed by atoms with van der Waals surface area (Å²) in [6.07, 6.45) is -0.589. The molecule has 290 valence electrons. The van der Waals surface area contributed by atoms with Gasteiger partial charge in [-0.3, -0.25) is 24.1 Å². The van der Waals surface area contributed by atoms with Gasteiger partial charge in [0.2, 0.25) is 5.91 Å². The minimum absolute atomic E-state index is 0.0173. The van der Waals surface area contributed by atoms with Crippen molar-refractivity contribution in [1.82, 2.24) is 15.5 Å². The normalized spacial score (nSPS) is 18.2. The molecule has 3 aromatic carbocycles. The average Bonchev–Trinajstić information content (AvgIpc) is 3.12. The Labute approximate surface area is 325 Å². The van der Waals surface area contributed by atoms with Crippen LogP contribution >= 0.6 is 23.2 Å². The highest BCUT2D eigenvalue weighted by atomic mass is 35.5. The van der Waals surface area contributed by atoms with E-state index < -0.39 is 87.0 Å². The molecule has 4 N–H and O–H groups in total. The third kappa shape index (κ3) is 9.44. The molecule has 1 fully saturated rings. The van der Waals surface area contributed by atoms with Crippen LogP contribution in [0.3, 0.4) is 0 Å². The third-order valence-corrected chi connectivity index (χ3v) is 11.5. The number of sulfone groups is 1. The largest absolute Gasteiger partial charge is 0.481 e. The van der Waals surface area contributed by atoms with Crippen LogP contribution < -0.4 is 10.6 Å². The molecule has 5 rings (SSSR count). The number of fused-ring (bicyclic) bond motifs is 1. The lowest BCUT2D eigenvalue weighted by Crippen LogP contribution is -2.75. The van der Waals surface area contributed by atoms with E-state index >= 15 is 0 Å². The van der Waals surface area contributed by atoms with Crippen LogP contribution in [0.25, 0.3) is 0 Å². The summed E-state index contributed by atoms with van der Waals surface area (Å²) in [6.45, 7) is 0.257. The van der Waals surface area contributed by atoms with Gasteiger partial charge in [-0.05, 0) is 41.7 Å². The van der Waals surface area contributed by atoms with Crippen LogP contribution in [0.5, 0.6) is 0 Å². The maximum Gasteiger partial charge on any atom is 0.407 e. The molecule has 2 aliphatic heterocycles. The molecule has 1 saturated heterocycles. The van der Waals surface area contributed by atoms with Crippen LogP contribution in [0.4, 0.5) is 4.79 Å². The maximum atomic E-state index is 14.1. The summed E-state index contributed by atoms with van der Waals surface area (Å²) in [6, 6.07) is 17.7. The smallest absolute Gasteiger partial charge is 0.407 e. The molecule has 55 heavy (non-hydrogen) atoms. The molecular weight excluding hydrogens is 781 g/mol. The Morgan fingerprint density at radius 2 is 1.60 bits per heavy atom. The predicted octanol–water partition coefficient (Wildman–Crippen LogP) is 3.98. The quantitative estimate of drug-likeness (QED) is 0.0972. The first-order valence-corrected chi connectivity index (χ1v) is 19.2. The van der Waals surface area contributed by atoms with Gasteiger partial charge in [0.25, 0.3) is 5.91 Å². The molecule has 0 bridgehead atoms. The molecule has 0 saturated carbocycles. The molecule has 2 aliphatic rings. The highest BCUT2D eigenvalue weighted by molar-refractivity contribution is 7.92. The lowest BCUT2D eigenvalue weighted by atomic mass is 9.86. The lowest BCUT2D eigenvalue weighted by molar-refractivity contribution is -0.151. The van der Waals surface area contributed by atoms with Crippen LogP contribution in [-0.2, 0) is 49.9 Å². The molecule has 3 aromatic rings. The van der Waals surface area contributed by atoms with Gasteiger partial charge in [-0.1, -0.05) is 83.9 Å². The molecule has 2 unspecified atom stereocenters. The van der Waals surface area contributed by atoms with Crippen molar-refractivity contribution in [1.29, 1.82) is 0 Å². The Hall–Kier alpha value is -5.45. The van der Waals surface area contributed by atoms with E-state index in [1.54, 1.807) is 60.7 Å². The highest BCUT2D eigenvalue weighted by Gasteiger charge is 2.60. The number of rotatable bonds is 15. The Kier molecular flexibility index (Phi) is 12.8. The molecule has 3 amide bonds. The van der Waals surface area contributed by atoms with Gasteiger partial charge >= 0.3 is 24.0 Å². The summed E-state index contributed by atoms with van der Waals surface area (Å²) < 4.78 is 36.8. The molecule has 0 spiro atoms. The number of carboxylic acids is 2. The summed E-state index contributed by atoms with van der Waals surface area (Å²) in [4.78, 5) is 76.4. The van der Waals surface area contributed by atoms with Crippen LogP contribution in [0.15, 0.2) is 84.1 Å². The molecule has 2 heterocycles. The van der Waals surface area contributed by atoms with Crippen molar-refractivity contribution >= 4 is 68.9 Å². The number of halogens is 2. The fourth-order valence-electron chi connectivity index (χ4n) is 6.43. The predicted molar refractivity (Wildman–Crippen MR) is 197 cm³/mol. The van der Waals surface area contributed by atoms with Gasteiger partial charge in [0, 0.05) is 34.7 Å². The summed E-state index contributed by atoms with van der Waals surface area (Å²) >= 11 is 12.1. The molecule has 18 heteroatoms. The summed E-state index contributed by atoms with van der Waals surface area (Å²) in [5, 5.41) is 24.1. The summed E-state index contributed by atoms with van der Waals surface area (Å²) in [5.41, 5.74) is 0.714. The van der Waals surface area contributed by atoms with Crippen molar-refractivity contribution in [2.24, 2.45) is 0 Å². The Balaban J connectivity index is 1.36. The number of amides is 3. The standard InChI is InChI=1S/C37H35Cl2N3O12S/c1-20(43)53-18-25-19-55(51,52)34-30(33(45)42(34)31(25)36(48)49)41-32(44)27(11-6-14-40-37(50)54-17-24-12-13-26(38)16-28(24)39)22-9-5-10-23(15-22)29(35(46)47)21-7-3-2-4-8-21/h2-5,7-10,12-13,15-16,27,29-30,34H,6,11,14,17-19H2,1H3,(H,40,50)(H,41,44)(H,46,47)(H,48,49)/t27?,29?,30-,34+/m1/s1. The molecule has 0 radical (unpaired) electrons. The summed E-state index contributed by atoms with van der Waals surface area (Å²) in [5.74, 6) is -8.41. The number of alkyl carbamates (subject to hydrolysis) is 1. The second-order valence-corrected chi connectivity index (χ2v) is 15.7.